The van der Waals surface area contributed by atoms with Gasteiger partial charge in [0.25, 0.3) is 0 Å². The van der Waals surface area contributed by atoms with E-state index in [9.17, 15) is 4.79 Å². The first-order valence-corrected chi connectivity index (χ1v) is 9.63. The van der Waals surface area contributed by atoms with Crippen LogP contribution in [0.2, 0.25) is 0 Å². The lowest BCUT2D eigenvalue weighted by atomic mass is 10.1. The van der Waals surface area contributed by atoms with E-state index in [1.54, 1.807) is 0 Å². The molecule has 1 nitrogen and oxygen atoms in total. The number of carbonyl (C=O) groups excluding carboxylic acids is 1. The molecular formula is C20H35ClO. The number of halogens is 1. The van der Waals surface area contributed by atoms with Crippen LogP contribution in [0.25, 0.3) is 0 Å². The van der Waals surface area contributed by atoms with Crippen molar-refractivity contribution in [2.75, 3.05) is 0 Å². The fourth-order valence-electron chi connectivity index (χ4n) is 2.43. The molecule has 0 aliphatic heterocycles. The Balaban J connectivity index is 3.15. The molecule has 0 saturated heterocycles. The van der Waals surface area contributed by atoms with Crippen molar-refractivity contribution in [3.05, 3.63) is 24.3 Å². The van der Waals surface area contributed by atoms with Crippen molar-refractivity contribution in [1.82, 2.24) is 0 Å². The molecule has 0 aliphatic carbocycles. The van der Waals surface area contributed by atoms with Gasteiger partial charge in [0.15, 0.2) is 0 Å². The third-order valence-corrected chi connectivity index (χ3v) is 4.01. The van der Waals surface area contributed by atoms with E-state index in [1.807, 2.05) is 0 Å². The Labute approximate surface area is 143 Å². The summed E-state index contributed by atoms with van der Waals surface area (Å²) in [7, 11) is 0. The third-order valence-electron chi connectivity index (χ3n) is 3.82. The molecule has 0 rings (SSSR count). The minimum absolute atomic E-state index is 0.192. The van der Waals surface area contributed by atoms with Crippen LogP contribution in [0.5, 0.6) is 0 Å². The lowest BCUT2D eigenvalue weighted by Gasteiger charge is -2.00. The average molecular weight is 327 g/mol. The van der Waals surface area contributed by atoms with Crippen molar-refractivity contribution < 1.29 is 4.79 Å². The molecule has 0 heterocycles. The van der Waals surface area contributed by atoms with E-state index < -0.39 is 0 Å². The molecule has 0 amide bonds. The molecule has 0 spiro atoms. The van der Waals surface area contributed by atoms with Crippen LogP contribution in [0.4, 0.5) is 0 Å². The van der Waals surface area contributed by atoms with Crippen LogP contribution in [0.15, 0.2) is 24.3 Å². The molecule has 128 valence electrons. The van der Waals surface area contributed by atoms with Gasteiger partial charge in [0.05, 0.1) is 0 Å². The Bertz CT molecular complexity index is 294. The second-order valence-electron chi connectivity index (χ2n) is 6.04. The summed E-state index contributed by atoms with van der Waals surface area (Å²) in [6, 6.07) is 0. The van der Waals surface area contributed by atoms with Crippen LogP contribution in [-0.4, -0.2) is 5.24 Å². The summed E-state index contributed by atoms with van der Waals surface area (Å²) >= 11 is 5.30. The number of hydrogen-bond donors (Lipinski definition) is 0. The molecule has 0 N–H and O–H groups in total. The minimum atomic E-state index is -0.192. The van der Waals surface area contributed by atoms with Gasteiger partial charge in [-0.15, -0.1) is 0 Å². The smallest absolute Gasteiger partial charge is 0.221 e. The molecular weight excluding hydrogens is 292 g/mol. The number of hydrogen-bond acceptors (Lipinski definition) is 1. The number of rotatable bonds is 16. The number of unbranched alkanes of at least 4 members (excludes halogenated alkanes) is 10. The summed E-state index contributed by atoms with van der Waals surface area (Å²) in [4.78, 5) is 10.6. The first kappa shape index (κ1) is 21.4. The van der Waals surface area contributed by atoms with Gasteiger partial charge in [-0.3, -0.25) is 4.79 Å². The normalized spacial score (nSPS) is 11.7. The van der Waals surface area contributed by atoms with Crippen LogP contribution in [0, 0.1) is 0 Å². The predicted octanol–water partition coefficient (Wildman–Crippen LogP) is 7.35. The van der Waals surface area contributed by atoms with E-state index in [2.05, 4.69) is 31.2 Å². The highest BCUT2D eigenvalue weighted by Crippen LogP contribution is 2.10. The van der Waals surface area contributed by atoms with Crippen molar-refractivity contribution >= 4 is 16.8 Å². The zero-order chi connectivity index (χ0) is 16.3. The molecule has 0 aromatic carbocycles. The van der Waals surface area contributed by atoms with Gasteiger partial charge in [-0.25, -0.2) is 0 Å². The quantitative estimate of drug-likeness (QED) is 0.165. The van der Waals surface area contributed by atoms with Crippen LogP contribution in [0.3, 0.4) is 0 Å². The maximum Gasteiger partial charge on any atom is 0.221 e. The summed E-state index contributed by atoms with van der Waals surface area (Å²) in [5, 5.41) is -0.192. The van der Waals surface area contributed by atoms with Crippen LogP contribution < -0.4 is 0 Å². The van der Waals surface area contributed by atoms with Gasteiger partial charge in [-0.1, -0.05) is 76.2 Å². The van der Waals surface area contributed by atoms with Crippen LogP contribution >= 0.6 is 11.6 Å². The van der Waals surface area contributed by atoms with Crippen LogP contribution in [-0.2, 0) is 4.79 Å². The zero-order valence-electron chi connectivity index (χ0n) is 14.5. The fraction of sp³-hybridized carbons (Fsp3) is 0.750. The van der Waals surface area contributed by atoms with Gasteiger partial charge < -0.3 is 0 Å². The summed E-state index contributed by atoms with van der Waals surface area (Å²) in [6.45, 7) is 2.25. The molecule has 0 radical (unpaired) electrons. The second kappa shape index (κ2) is 18.5. The SMILES string of the molecule is CCCCC/C=C\C/C=C\CCCCCCCCCC(=O)Cl. The lowest BCUT2D eigenvalue weighted by molar-refractivity contribution is -0.111. The Morgan fingerprint density at radius 2 is 1.23 bits per heavy atom. The molecule has 22 heavy (non-hydrogen) atoms. The maximum atomic E-state index is 10.6. The Kier molecular flexibility index (Phi) is 18.0. The van der Waals surface area contributed by atoms with Gasteiger partial charge in [0, 0.05) is 6.42 Å². The van der Waals surface area contributed by atoms with Crippen molar-refractivity contribution in [1.29, 1.82) is 0 Å². The van der Waals surface area contributed by atoms with Gasteiger partial charge in [0.2, 0.25) is 5.24 Å². The third kappa shape index (κ3) is 19.4. The van der Waals surface area contributed by atoms with E-state index in [1.165, 1.54) is 64.2 Å². The first-order valence-electron chi connectivity index (χ1n) is 9.25. The van der Waals surface area contributed by atoms with Crippen LogP contribution in [0.1, 0.15) is 96.8 Å². The molecule has 0 aromatic rings. The van der Waals surface area contributed by atoms with Crippen molar-refractivity contribution in [2.45, 2.75) is 96.8 Å². The molecule has 2 heteroatoms. The lowest BCUT2D eigenvalue weighted by Crippen LogP contribution is -1.86. The molecule has 0 atom stereocenters. The zero-order valence-corrected chi connectivity index (χ0v) is 15.3. The Hall–Kier alpha value is -0.560. The molecule has 0 saturated carbocycles. The highest BCUT2D eigenvalue weighted by molar-refractivity contribution is 6.63. The Morgan fingerprint density at radius 3 is 1.77 bits per heavy atom. The maximum absolute atomic E-state index is 10.6. The number of carbonyl (C=O) groups is 1. The fourth-order valence-corrected chi connectivity index (χ4v) is 2.56. The van der Waals surface area contributed by atoms with E-state index in [-0.39, 0.29) is 5.24 Å². The topological polar surface area (TPSA) is 17.1 Å². The second-order valence-corrected chi connectivity index (χ2v) is 6.46. The molecule has 0 aliphatic rings. The Morgan fingerprint density at radius 1 is 0.727 bits per heavy atom. The van der Waals surface area contributed by atoms with Crippen molar-refractivity contribution in [3.8, 4) is 0 Å². The minimum Gasteiger partial charge on any atom is -0.281 e. The largest absolute Gasteiger partial charge is 0.281 e. The summed E-state index contributed by atoms with van der Waals surface area (Å²) < 4.78 is 0. The summed E-state index contributed by atoms with van der Waals surface area (Å²) in [5.74, 6) is 0. The highest BCUT2D eigenvalue weighted by Gasteiger charge is 1.95. The average Bonchev–Trinajstić information content (AvgIpc) is 2.50. The summed E-state index contributed by atoms with van der Waals surface area (Å²) in [6.07, 6.45) is 25.9. The highest BCUT2D eigenvalue weighted by atomic mass is 35.5. The van der Waals surface area contributed by atoms with E-state index in [0.29, 0.717) is 6.42 Å². The first-order chi connectivity index (χ1) is 10.8. The van der Waals surface area contributed by atoms with Gasteiger partial charge in [-0.05, 0) is 50.1 Å². The van der Waals surface area contributed by atoms with Crippen molar-refractivity contribution in [2.24, 2.45) is 0 Å². The monoisotopic (exact) mass is 326 g/mol. The molecule has 0 bridgehead atoms. The molecule has 0 unspecified atom stereocenters. The van der Waals surface area contributed by atoms with Gasteiger partial charge in [-0.2, -0.15) is 0 Å². The van der Waals surface area contributed by atoms with Gasteiger partial charge >= 0.3 is 0 Å². The van der Waals surface area contributed by atoms with E-state index in [4.69, 9.17) is 11.6 Å². The molecule has 0 fully saturated rings. The van der Waals surface area contributed by atoms with E-state index in [0.717, 1.165) is 19.3 Å². The summed E-state index contributed by atoms with van der Waals surface area (Å²) in [5.41, 5.74) is 0. The molecule has 0 aromatic heterocycles. The standard InChI is InChI=1S/C20H35ClO/c1-2-3-4-5-6-7-8-9-10-11-12-13-14-15-16-17-18-19-20(21)22/h6-7,9-10H,2-5,8,11-19H2,1H3/b7-6-,10-9-. The van der Waals surface area contributed by atoms with Crippen molar-refractivity contribution in [3.63, 3.8) is 0 Å². The van der Waals surface area contributed by atoms with Gasteiger partial charge in [0.1, 0.15) is 0 Å². The number of allylic oxidation sites excluding steroid dienone is 4. The van der Waals surface area contributed by atoms with E-state index >= 15 is 0 Å². The predicted molar refractivity (Wildman–Crippen MR) is 99.5 cm³/mol.